The summed E-state index contributed by atoms with van der Waals surface area (Å²) in [6, 6.07) is 0.900. The molecule has 0 aromatic carbocycles. The number of amides is 1. The van der Waals surface area contributed by atoms with Gasteiger partial charge >= 0.3 is 0 Å². The molecule has 6 heteroatoms. The maximum Gasteiger partial charge on any atom is 0.280 e. The Bertz CT molecular complexity index is 422. The molecular formula is C10H12ClN3OS. The number of piperidine rings is 1. The number of halogens is 1. The van der Waals surface area contributed by atoms with Crippen LogP contribution >= 0.6 is 22.9 Å². The van der Waals surface area contributed by atoms with Crippen molar-refractivity contribution in [3.63, 3.8) is 0 Å². The number of aromatic nitrogens is 1. The SMILES string of the molecule is O=C(N[C@H]1C[C@H]2C[C@H]1CN2)c1ncc(Cl)s1. The van der Waals surface area contributed by atoms with E-state index in [1.54, 1.807) is 0 Å². The van der Waals surface area contributed by atoms with Gasteiger partial charge in [0, 0.05) is 18.6 Å². The first-order valence-electron chi connectivity index (χ1n) is 5.38. The lowest BCUT2D eigenvalue weighted by molar-refractivity contribution is 0.0924. The smallest absolute Gasteiger partial charge is 0.280 e. The molecule has 3 atom stereocenters. The van der Waals surface area contributed by atoms with E-state index in [2.05, 4.69) is 15.6 Å². The predicted molar refractivity (Wildman–Crippen MR) is 62.9 cm³/mol. The molecular weight excluding hydrogens is 246 g/mol. The molecule has 2 bridgehead atoms. The normalized spacial score (nSPS) is 31.9. The number of nitrogens with one attached hydrogen (secondary N) is 2. The van der Waals surface area contributed by atoms with Crippen molar-refractivity contribution in [1.29, 1.82) is 0 Å². The van der Waals surface area contributed by atoms with Crippen LogP contribution in [0.3, 0.4) is 0 Å². The molecule has 2 fully saturated rings. The fourth-order valence-electron chi connectivity index (χ4n) is 2.60. The lowest BCUT2D eigenvalue weighted by Gasteiger charge is -2.22. The standard InChI is InChI=1S/C10H12ClN3OS/c11-8-4-13-10(16-8)9(15)14-7-2-6-1-5(7)3-12-6/h4-7,12H,1-3H2,(H,14,15)/t5-,6+,7-/m0/s1. The zero-order valence-electron chi connectivity index (χ0n) is 8.57. The quantitative estimate of drug-likeness (QED) is 0.839. The average molecular weight is 258 g/mol. The summed E-state index contributed by atoms with van der Waals surface area (Å²) in [6.07, 6.45) is 3.74. The van der Waals surface area contributed by atoms with Crippen LogP contribution in [0.5, 0.6) is 0 Å². The Morgan fingerprint density at radius 1 is 1.62 bits per heavy atom. The minimum atomic E-state index is -0.0885. The minimum Gasteiger partial charge on any atom is -0.347 e. The third-order valence-corrected chi connectivity index (χ3v) is 4.47. The van der Waals surface area contributed by atoms with Gasteiger partial charge in [0.15, 0.2) is 5.01 Å². The number of carbonyl (C=O) groups excluding carboxylic acids is 1. The van der Waals surface area contributed by atoms with Crippen LogP contribution in [0, 0.1) is 5.92 Å². The Morgan fingerprint density at radius 2 is 2.50 bits per heavy atom. The number of carbonyl (C=O) groups is 1. The van der Waals surface area contributed by atoms with Crippen LogP contribution in [0.25, 0.3) is 0 Å². The molecule has 4 nitrogen and oxygen atoms in total. The molecule has 3 rings (SSSR count). The molecule has 0 unspecified atom stereocenters. The molecule has 2 heterocycles. The number of hydrogen-bond acceptors (Lipinski definition) is 4. The third-order valence-electron chi connectivity index (χ3n) is 3.35. The molecule has 0 radical (unpaired) electrons. The van der Waals surface area contributed by atoms with Crippen molar-refractivity contribution >= 4 is 28.8 Å². The second-order valence-electron chi connectivity index (χ2n) is 4.39. The van der Waals surface area contributed by atoms with Crippen molar-refractivity contribution in [2.24, 2.45) is 5.92 Å². The van der Waals surface area contributed by atoms with E-state index >= 15 is 0 Å². The first-order chi connectivity index (χ1) is 7.72. The maximum absolute atomic E-state index is 11.8. The number of rotatable bonds is 2. The Kier molecular flexibility index (Phi) is 2.61. The van der Waals surface area contributed by atoms with Gasteiger partial charge in [-0.3, -0.25) is 4.79 Å². The van der Waals surface area contributed by atoms with E-state index in [9.17, 15) is 4.79 Å². The summed E-state index contributed by atoms with van der Waals surface area (Å²) in [5, 5.41) is 6.93. The van der Waals surface area contributed by atoms with Crippen molar-refractivity contribution < 1.29 is 4.79 Å². The van der Waals surface area contributed by atoms with E-state index in [4.69, 9.17) is 11.6 Å². The van der Waals surface area contributed by atoms with Crippen LogP contribution in [0.15, 0.2) is 6.20 Å². The summed E-state index contributed by atoms with van der Waals surface area (Å²) in [5.41, 5.74) is 0. The summed E-state index contributed by atoms with van der Waals surface area (Å²) < 4.78 is 0.555. The van der Waals surface area contributed by atoms with Gasteiger partial charge in [-0.25, -0.2) is 4.98 Å². The Morgan fingerprint density at radius 3 is 3.06 bits per heavy atom. The molecule has 2 aliphatic rings. The Balaban J connectivity index is 1.65. The van der Waals surface area contributed by atoms with Gasteiger partial charge in [-0.05, 0) is 18.8 Å². The van der Waals surface area contributed by atoms with Gasteiger partial charge in [0.25, 0.3) is 5.91 Å². The number of nitrogens with zero attached hydrogens (tertiary/aromatic N) is 1. The zero-order chi connectivity index (χ0) is 11.1. The number of thiazole rings is 1. The lowest BCUT2D eigenvalue weighted by atomic mass is 10.0. The topological polar surface area (TPSA) is 54.0 Å². The molecule has 1 aliphatic heterocycles. The zero-order valence-corrected chi connectivity index (χ0v) is 10.1. The van der Waals surface area contributed by atoms with Gasteiger partial charge in [0.05, 0.1) is 6.20 Å². The highest BCUT2D eigenvalue weighted by Gasteiger charge is 2.40. The molecule has 1 aromatic heterocycles. The van der Waals surface area contributed by atoms with Gasteiger partial charge in [-0.15, -0.1) is 0 Å². The van der Waals surface area contributed by atoms with Gasteiger partial charge < -0.3 is 10.6 Å². The van der Waals surface area contributed by atoms with E-state index in [1.165, 1.54) is 24.0 Å². The van der Waals surface area contributed by atoms with Gasteiger partial charge in [-0.2, -0.15) is 0 Å². The van der Waals surface area contributed by atoms with Crippen LogP contribution in [-0.2, 0) is 0 Å². The first-order valence-corrected chi connectivity index (χ1v) is 6.57. The second kappa shape index (κ2) is 3.98. The summed E-state index contributed by atoms with van der Waals surface area (Å²) in [4.78, 5) is 15.8. The lowest BCUT2D eigenvalue weighted by Crippen LogP contribution is -2.44. The van der Waals surface area contributed by atoms with Crippen LogP contribution in [0.2, 0.25) is 4.34 Å². The highest BCUT2D eigenvalue weighted by molar-refractivity contribution is 7.17. The van der Waals surface area contributed by atoms with Crippen molar-refractivity contribution in [2.75, 3.05) is 6.54 Å². The fraction of sp³-hybridized carbons (Fsp3) is 0.600. The highest BCUT2D eigenvalue weighted by Crippen LogP contribution is 2.31. The summed E-state index contributed by atoms with van der Waals surface area (Å²) in [5.74, 6) is 0.499. The van der Waals surface area contributed by atoms with Crippen molar-refractivity contribution in [3.05, 3.63) is 15.5 Å². The van der Waals surface area contributed by atoms with E-state index < -0.39 is 0 Å². The van der Waals surface area contributed by atoms with Crippen molar-refractivity contribution in [1.82, 2.24) is 15.6 Å². The molecule has 86 valence electrons. The molecule has 0 spiro atoms. The van der Waals surface area contributed by atoms with E-state index in [1.807, 2.05) is 0 Å². The van der Waals surface area contributed by atoms with Crippen LogP contribution in [-0.4, -0.2) is 29.5 Å². The molecule has 1 amide bonds. The molecule has 1 aromatic rings. The van der Waals surface area contributed by atoms with Crippen LogP contribution < -0.4 is 10.6 Å². The molecule has 1 saturated carbocycles. The first kappa shape index (κ1) is 10.5. The van der Waals surface area contributed by atoms with Crippen LogP contribution in [0.1, 0.15) is 22.6 Å². The van der Waals surface area contributed by atoms with Gasteiger partial charge in [0.1, 0.15) is 4.34 Å². The summed E-state index contributed by atoms with van der Waals surface area (Å²) in [6.45, 7) is 1.02. The third kappa shape index (κ3) is 1.83. The second-order valence-corrected chi connectivity index (χ2v) is 6.05. The van der Waals surface area contributed by atoms with Gasteiger partial charge in [-0.1, -0.05) is 22.9 Å². The maximum atomic E-state index is 11.8. The molecule has 1 saturated heterocycles. The minimum absolute atomic E-state index is 0.0885. The average Bonchev–Trinajstić information content (AvgIpc) is 2.92. The summed E-state index contributed by atoms with van der Waals surface area (Å²) >= 11 is 6.98. The van der Waals surface area contributed by atoms with Crippen LogP contribution in [0.4, 0.5) is 0 Å². The van der Waals surface area contributed by atoms with Crippen molar-refractivity contribution in [2.45, 2.75) is 24.9 Å². The largest absolute Gasteiger partial charge is 0.347 e. The Labute approximate surface area is 102 Å². The van der Waals surface area contributed by atoms with E-state index in [-0.39, 0.29) is 5.91 Å². The van der Waals surface area contributed by atoms with Crippen molar-refractivity contribution in [3.8, 4) is 0 Å². The molecule has 1 aliphatic carbocycles. The predicted octanol–water partition coefficient (Wildman–Crippen LogP) is 1.28. The monoisotopic (exact) mass is 257 g/mol. The van der Waals surface area contributed by atoms with E-state index in [0.29, 0.717) is 27.3 Å². The molecule has 16 heavy (non-hydrogen) atoms. The Hall–Kier alpha value is -0.650. The fourth-order valence-corrected chi connectivity index (χ4v) is 3.42. The summed E-state index contributed by atoms with van der Waals surface area (Å²) in [7, 11) is 0. The molecule has 2 N–H and O–H groups in total. The number of fused-ring (bicyclic) bond motifs is 2. The van der Waals surface area contributed by atoms with Gasteiger partial charge in [0.2, 0.25) is 0 Å². The van der Waals surface area contributed by atoms with E-state index in [0.717, 1.165) is 13.0 Å². The number of hydrogen-bond donors (Lipinski definition) is 2. The highest BCUT2D eigenvalue weighted by atomic mass is 35.5.